The average Bonchev–Trinajstić information content (AvgIpc) is 3.06. The molecule has 0 saturated heterocycles. The zero-order valence-electron chi connectivity index (χ0n) is 12.8. The van der Waals surface area contributed by atoms with Crippen molar-refractivity contribution >= 4 is 27.8 Å². The van der Waals surface area contributed by atoms with Gasteiger partial charge in [-0.25, -0.2) is 9.97 Å². The van der Waals surface area contributed by atoms with Crippen molar-refractivity contribution in [2.24, 2.45) is 0 Å². The second-order valence-corrected chi connectivity index (χ2v) is 7.71. The van der Waals surface area contributed by atoms with Gasteiger partial charge in [0.05, 0.1) is 22.9 Å². The predicted molar refractivity (Wildman–Crippen MR) is 90.3 cm³/mol. The first-order chi connectivity index (χ1) is 10.2. The molecule has 0 spiro atoms. The van der Waals surface area contributed by atoms with E-state index in [0.717, 1.165) is 41.4 Å². The van der Waals surface area contributed by atoms with Gasteiger partial charge >= 0.3 is 0 Å². The molecule has 1 aliphatic carbocycles. The van der Waals surface area contributed by atoms with Crippen molar-refractivity contribution in [2.75, 3.05) is 11.9 Å². The molecule has 0 unspecified atom stereocenters. The molecular weight excluding hydrogens is 300 g/mol. The minimum absolute atomic E-state index is 0.746. The van der Waals surface area contributed by atoms with Crippen LogP contribution in [-0.2, 0) is 19.5 Å². The number of hydrogen-bond donors (Lipinski definition) is 1. The molecular formula is C15H22N4S2. The summed E-state index contributed by atoms with van der Waals surface area (Å²) >= 11 is 3.52. The Kier molecular flexibility index (Phi) is 4.57. The van der Waals surface area contributed by atoms with Gasteiger partial charge in [0, 0.05) is 29.9 Å². The van der Waals surface area contributed by atoms with Crippen molar-refractivity contribution in [3.63, 3.8) is 0 Å². The maximum Gasteiger partial charge on any atom is 0.185 e. The van der Waals surface area contributed by atoms with Crippen LogP contribution >= 0.6 is 22.7 Å². The summed E-state index contributed by atoms with van der Waals surface area (Å²) in [4.78, 5) is 12.9. The topological polar surface area (TPSA) is 41.1 Å². The summed E-state index contributed by atoms with van der Waals surface area (Å²) in [5, 5.41) is 7.96. The third-order valence-electron chi connectivity index (χ3n) is 3.62. The maximum absolute atomic E-state index is 4.81. The lowest BCUT2D eigenvalue weighted by atomic mass is 10.3. The summed E-state index contributed by atoms with van der Waals surface area (Å²) in [6.45, 7) is 6.03. The summed E-state index contributed by atoms with van der Waals surface area (Å²) in [5.41, 5.74) is 2.37. The Balaban J connectivity index is 1.68. The third kappa shape index (κ3) is 3.81. The SMILES string of the molecule is CCc1nc(N(C)Cc2csc(C)n2)sc1CNC1CC1. The number of hydrogen-bond acceptors (Lipinski definition) is 6. The number of nitrogens with zero attached hydrogens (tertiary/aromatic N) is 3. The fourth-order valence-corrected chi connectivity index (χ4v) is 3.93. The highest BCUT2D eigenvalue weighted by molar-refractivity contribution is 7.15. The molecule has 0 aliphatic heterocycles. The van der Waals surface area contributed by atoms with E-state index in [1.165, 1.54) is 23.4 Å². The number of anilines is 1. The summed E-state index contributed by atoms with van der Waals surface area (Å²) < 4.78 is 0. The molecule has 0 amide bonds. The van der Waals surface area contributed by atoms with Crippen LogP contribution in [0.3, 0.4) is 0 Å². The van der Waals surface area contributed by atoms with Crippen LogP contribution in [0.1, 0.15) is 41.0 Å². The van der Waals surface area contributed by atoms with Crippen LogP contribution in [0.2, 0.25) is 0 Å². The second kappa shape index (κ2) is 6.42. The van der Waals surface area contributed by atoms with E-state index < -0.39 is 0 Å². The minimum atomic E-state index is 0.746. The normalized spacial score (nSPS) is 14.6. The van der Waals surface area contributed by atoms with Crippen molar-refractivity contribution in [3.05, 3.63) is 26.7 Å². The first-order valence-corrected chi connectivity index (χ1v) is 9.19. The highest BCUT2D eigenvalue weighted by atomic mass is 32.1. The Morgan fingerprint density at radius 2 is 2.19 bits per heavy atom. The minimum Gasteiger partial charge on any atom is -0.345 e. The Labute approximate surface area is 134 Å². The number of thiazole rings is 2. The van der Waals surface area contributed by atoms with Crippen LogP contribution in [0, 0.1) is 6.92 Å². The molecule has 3 rings (SSSR count). The van der Waals surface area contributed by atoms with Crippen LogP contribution in [0.5, 0.6) is 0 Å². The van der Waals surface area contributed by atoms with Gasteiger partial charge < -0.3 is 10.2 Å². The molecule has 114 valence electrons. The number of rotatable bonds is 7. The van der Waals surface area contributed by atoms with Crippen molar-refractivity contribution in [2.45, 2.75) is 52.2 Å². The van der Waals surface area contributed by atoms with Crippen LogP contribution in [0.25, 0.3) is 0 Å². The van der Waals surface area contributed by atoms with E-state index in [1.807, 2.05) is 11.3 Å². The monoisotopic (exact) mass is 322 g/mol. The van der Waals surface area contributed by atoms with Gasteiger partial charge in [-0.15, -0.1) is 22.7 Å². The Morgan fingerprint density at radius 1 is 1.38 bits per heavy atom. The van der Waals surface area contributed by atoms with E-state index in [-0.39, 0.29) is 0 Å². The lowest BCUT2D eigenvalue weighted by molar-refractivity contribution is 0.689. The largest absolute Gasteiger partial charge is 0.345 e. The van der Waals surface area contributed by atoms with Gasteiger partial charge in [-0.05, 0) is 26.2 Å². The third-order valence-corrected chi connectivity index (χ3v) is 5.66. The standard InChI is InChI=1S/C15H22N4S2/c1-4-13-14(7-16-11-5-6-11)21-15(18-13)19(3)8-12-9-20-10(2)17-12/h9,11,16H,4-8H2,1-3H3. The van der Waals surface area contributed by atoms with E-state index >= 15 is 0 Å². The van der Waals surface area contributed by atoms with E-state index in [2.05, 4.69) is 41.5 Å². The van der Waals surface area contributed by atoms with E-state index in [4.69, 9.17) is 4.98 Å². The van der Waals surface area contributed by atoms with Gasteiger partial charge in [0.15, 0.2) is 5.13 Å². The van der Waals surface area contributed by atoms with Gasteiger partial charge in [-0.2, -0.15) is 0 Å². The first-order valence-electron chi connectivity index (χ1n) is 7.49. The molecule has 0 aromatic carbocycles. The predicted octanol–water partition coefficient (Wildman–Crippen LogP) is 3.36. The Morgan fingerprint density at radius 3 is 2.81 bits per heavy atom. The lowest BCUT2D eigenvalue weighted by Crippen LogP contribution is -2.16. The molecule has 21 heavy (non-hydrogen) atoms. The van der Waals surface area contributed by atoms with Crippen molar-refractivity contribution in [1.29, 1.82) is 0 Å². The molecule has 2 heterocycles. The average molecular weight is 323 g/mol. The molecule has 2 aromatic heterocycles. The molecule has 0 atom stereocenters. The Hall–Kier alpha value is -0.980. The summed E-state index contributed by atoms with van der Waals surface area (Å²) in [6.07, 6.45) is 3.66. The molecule has 4 nitrogen and oxygen atoms in total. The molecule has 1 fully saturated rings. The fourth-order valence-electron chi connectivity index (χ4n) is 2.26. The number of aromatic nitrogens is 2. The molecule has 1 N–H and O–H groups in total. The second-order valence-electron chi connectivity index (χ2n) is 5.59. The zero-order chi connectivity index (χ0) is 14.8. The summed E-state index contributed by atoms with van der Waals surface area (Å²) in [6, 6.07) is 0.746. The van der Waals surface area contributed by atoms with Gasteiger partial charge in [0.2, 0.25) is 0 Å². The van der Waals surface area contributed by atoms with Gasteiger partial charge in [-0.1, -0.05) is 6.92 Å². The molecule has 1 saturated carbocycles. The van der Waals surface area contributed by atoms with Crippen molar-refractivity contribution in [3.8, 4) is 0 Å². The molecule has 2 aromatic rings. The quantitative estimate of drug-likeness (QED) is 0.848. The van der Waals surface area contributed by atoms with Crippen LogP contribution in [0.15, 0.2) is 5.38 Å². The van der Waals surface area contributed by atoms with Crippen LogP contribution < -0.4 is 10.2 Å². The Bertz CT molecular complexity index is 601. The van der Waals surface area contributed by atoms with Gasteiger partial charge in [-0.3, -0.25) is 0 Å². The number of aryl methyl sites for hydroxylation is 2. The van der Waals surface area contributed by atoms with Crippen molar-refractivity contribution < 1.29 is 0 Å². The zero-order valence-corrected chi connectivity index (χ0v) is 14.5. The van der Waals surface area contributed by atoms with E-state index in [0.29, 0.717) is 0 Å². The molecule has 1 aliphatic rings. The van der Waals surface area contributed by atoms with Crippen LogP contribution in [-0.4, -0.2) is 23.1 Å². The van der Waals surface area contributed by atoms with E-state index in [1.54, 1.807) is 11.3 Å². The summed E-state index contributed by atoms with van der Waals surface area (Å²) in [7, 11) is 2.10. The lowest BCUT2D eigenvalue weighted by Gasteiger charge is -2.13. The smallest absolute Gasteiger partial charge is 0.185 e. The molecule has 0 bridgehead atoms. The van der Waals surface area contributed by atoms with Crippen molar-refractivity contribution in [1.82, 2.24) is 15.3 Å². The van der Waals surface area contributed by atoms with Crippen LogP contribution in [0.4, 0.5) is 5.13 Å². The van der Waals surface area contributed by atoms with E-state index in [9.17, 15) is 0 Å². The van der Waals surface area contributed by atoms with Gasteiger partial charge in [0.25, 0.3) is 0 Å². The number of nitrogens with one attached hydrogen (secondary N) is 1. The highest BCUT2D eigenvalue weighted by Crippen LogP contribution is 2.28. The maximum atomic E-state index is 4.81. The summed E-state index contributed by atoms with van der Waals surface area (Å²) in [5.74, 6) is 0. The molecule has 6 heteroatoms. The molecule has 0 radical (unpaired) electrons. The first kappa shape index (κ1) is 14.9. The highest BCUT2D eigenvalue weighted by Gasteiger charge is 2.21. The fraction of sp³-hybridized carbons (Fsp3) is 0.600. The van der Waals surface area contributed by atoms with Gasteiger partial charge in [0.1, 0.15) is 0 Å².